The smallest absolute Gasteiger partial charge is 0.137 e. The van der Waals surface area contributed by atoms with Crippen LogP contribution in [-0.4, -0.2) is 5.78 Å². The molecule has 0 saturated carbocycles. The summed E-state index contributed by atoms with van der Waals surface area (Å²) in [7, 11) is 0. The molecule has 1 rings (SSSR count). The van der Waals surface area contributed by atoms with Gasteiger partial charge in [-0.25, -0.2) is 8.78 Å². The van der Waals surface area contributed by atoms with Crippen LogP contribution in [0.15, 0.2) is 18.2 Å². The monoisotopic (exact) mass is 240 g/mol. The summed E-state index contributed by atoms with van der Waals surface area (Å²) in [6.07, 6.45) is 1.25. The molecule has 3 heteroatoms. The summed E-state index contributed by atoms with van der Waals surface area (Å²) in [6, 6.07) is 3.32. The molecule has 1 aromatic rings. The zero-order valence-electron chi connectivity index (χ0n) is 10.5. The second kappa shape index (κ2) is 5.39. The fourth-order valence-electron chi connectivity index (χ4n) is 1.48. The Labute approximate surface area is 101 Å². The molecule has 0 fully saturated rings. The molecule has 1 nitrogen and oxygen atoms in total. The van der Waals surface area contributed by atoms with Crippen LogP contribution < -0.4 is 0 Å². The van der Waals surface area contributed by atoms with Gasteiger partial charge in [0.05, 0.1) is 0 Å². The van der Waals surface area contributed by atoms with E-state index in [0.717, 1.165) is 12.5 Å². The maximum Gasteiger partial charge on any atom is 0.137 e. The molecule has 0 unspecified atom stereocenters. The first-order chi connectivity index (χ1) is 7.78. The number of carbonyl (C=O) groups is 1. The Morgan fingerprint density at radius 2 is 1.88 bits per heavy atom. The van der Waals surface area contributed by atoms with Crippen molar-refractivity contribution in [3.63, 3.8) is 0 Å². The topological polar surface area (TPSA) is 17.1 Å². The molecule has 0 aromatic heterocycles. The molecule has 94 valence electrons. The molecule has 0 heterocycles. The summed E-state index contributed by atoms with van der Waals surface area (Å²) in [5, 5.41) is 0. The van der Waals surface area contributed by atoms with E-state index in [0.29, 0.717) is 6.42 Å². The maximum absolute atomic E-state index is 13.3. The van der Waals surface area contributed by atoms with Crippen LogP contribution in [0, 0.1) is 17.0 Å². The summed E-state index contributed by atoms with van der Waals surface area (Å²) in [5.74, 6) is -1.27. The van der Waals surface area contributed by atoms with Gasteiger partial charge in [-0.15, -0.1) is 0 Å². The Morgan fingerprint density at radius 3 is 2.41 bits per heavy atom. The zero-order chi connectivity index (χ0) is 13.1. The number of Topliss-reactive ketones (excluding diaryl/α,β-unsaturated/α-hetero) is 1. The molecule has 17 heavy (non-hydrogen) atoms. The Balaban J connectivity index is 2.57. The largest absolute Gasteiger partial charge is 0.299 e. The lowest BCUT2D eigenvalue weighted by Crippen LogP contribution is -2.11. The molecule has 0 N–H and O–H groups in total. The summed E-state index contributed by atoms with van der Waals surface area (Å²) in [4.78, 5) is 11.6. The van der Waals surface area contributed by atoms with E-state index < -0.39 is 11.6 Å². The third kappa shape index (κ3) is 5.07. The number of hydrogen-bond acceptors (Lipinski definition) is 1. The second-order valence-corrected chi connectivity index (χ2v) is 5.51. The summed E-state index contributed by atoms with van der Waals surface area (Å²) in [5.41, 5.74) is 0.363. The van der Waals surface area contributed by atoms with Crippen LogP contribution >= 0.6 is 0 Å². The molecular weight excluding hydrogens is 222 g/mol. The van der Waals surface area contributed by atoms with Gasteiger partial charge in [-0.3, -0.25) is 4.79 Å². The van der Waals surface area contributed by atoms with Crippen molar-refractivity contribution in [3.8, 4) is 0 Å². The van der Waals surface area contributed by atoms with Gasteiger partial charge < -0.3 is 0 Å². The Morgan fingerprint density at radius 1 is 1.24 bits per heavy atom. The predicted molar refractivity (Wildman–Crippen MR) is 63.8 cm³/mol. The van der Waals surface area contributed by atoms with Crippen molar-refractivity contribution >= 4 is 5.78 Å². The van der Waals surface area contributed by atoms with Gasteiger partial charge >= 0.3 is 0 Å². The van der Waals surface area contributed by atoms with Crippen molar-refractivity contribution in [2.24, 2.45) is 5.41 Å². The molecule has 0 spiro atoms. The van der Waals surface area contributed by atoms with E-state index in [9.17, 15) is 13.6 Å². The number of carbonyl (C=O) groups excluding carboxylic acids is 1. The molecule has 0 aliphatic carbocycles. The fraction of sp³-hybridized carbons (Fsp3) is 0.500. The molecule has 0 aliphatic heterocycles. The highest BCUT2D eigenvalue weighted by Crippen LogP contribution is 2.21. The first kappa shape index (κ1) is 13.8. The van der Waals surface area contributed by atoms with E-state index in [4.69, 9.17) is 0 Å². The summed E-state index contributed by atoms with van der Waals surface area (Å²) < 4.78 is 26.0. The average molecular weight is 240 g/mol. The number of rotatable bonds is 4. The highest BCUT2D eigenvalue weighted by molar-refractivity contribution is 5.80. The van der Waals surface area contributed by atoms with E-state index in [1.807, 2.05) is 0 Å². The van der Waals surface area contributed by atoms with Crippen molar-refractivity contribution in [1.82, 2.24) is 0 Å². The SMILES string of the molecule is CC(C)(C)CCC(=O)Cc1ccc(F)cc1F. The molecule has 0 saturated heterocycles. The van der Waals surface area contributed by atoms with Crippen molar-refractivity contribution in [2.45, 2.75) is 40.0 Å². The fourth-order valence-corrected chi connectivity index (χ4v) is 1.48. The normalized spacial score (nSPS) is 11.6. The average Bonchev–Trinajstić information content (AvgIpc) is 2.18. The van der Waals surface area contributed by atoms with Gasteiger partial charge in [0.25, 0.3) is 0 Å². The molecule has 0 bridgehead atoms. The lowest BCUT2D eigenvalue weighted by atomic mass is 9.88. The lowest BCUT2D eigenvalue weighted by molar-refractivity contribution is -0.119. The Hall–Kier alpha value is -1.25. The molecule has 1 aromatic carbocycles. The minimum Gasteiger partial charge on any atom is -0.299 e. The van der Waals surface area contributed by atoms with E-state index in [-0.39, 0.29) is 23.2 Å². The van der Waals surface area contributed by atoms with E-state index in [1.54, 1.807) is 0 Å². The summed E-state index contributed by atoms with van der Waals surface area (Å²) >= 11 is 0. The van der Waals surface area contributed by atoms with Crippen LogP contribution in [-0.2, 0) is 11.2 Å². The summed E-state index contributed by atoms with van der Waals surface area (Å²) in [6.45, 7) is 6.16. The van der Waals surface area contributed by atoms with Gasteiger partial charge in [0.2, 0.25) is 0 Å². The minimum absolute atomic E-state index is 0.00886. The van der Waals surface area contributed by atoms with Gasteiger partial charge in [-0.2, -0.15) is 0 Å². The highest BCUT2D eigenvalue weighted by Gasteiger charge is 2.14. The van der Waals surface area contributed by atoms with Crippen LogP contribution in [0.3, 0.4) is 0 Å². The maximum atomic E-state index is 13.3. The third-order valence-corrected chi connectivity index (χ3v) is 2.56. The predicted octanol–water partition coefficient (Wildman–Crippen LogP) is 3.90. The van der Waals surface area contributed by atoms with Crippen molar-refractivity contribution < 1.29 is 13.6 Å². The zero-order valence-corrected chi connectivity index (χ0v) is 10.5. The van der Waals surface area contributed by atoms with E-state index in [1.165, 1.54) is 12.1 Å². The number of hydrogen-bond donors (Lipinski definition) is 0. The third-order valence-electron chi connectivity index (χ3n) is 2.56. The van der Waals surface area contributed by atoms with Crippen LogP contribution in [0.25, 0.3) is 0 Å². The van der Waals surface area contributed by atoms with Crippen molar-refractivity contribution in [3.05, 3.63) is 35.4 Å². The van der Waals surface area contributed by atoms with E-state index in [2.05, 4.69) is 20.8 Å². The van der Waals surface area contributed by atoms with Gasteiger partial charge in [-0.05, 0) is 23.5 Å². The second-order valence-electron chi connectivity index (χ2n) is 5.51. The van der Waals surface area contributed by atoms with Gasteiger partial charge in [-0.1, -0.05) is 26.8 Å². The Kier molecular flexibility index (Phi) is 4.38. The van der Waals surface area contributed by atoms with Gasteiger partial charge in [0.1, 0.15) is 17.4 Å². The lowest BCUT2D eigenvalue weighted by Gasteiger charge is -2.17. The van der Waals surface area contributed by atoms with Crippen LogP contribution in [0.2, 0.25) is 0 Å². The van der Waals surface area contributed by atoms with Gasteiger partial charge in [0.15, 0.2) is 0 Å². The molecular formula is C14H18F2O. The van der Waals surface area contributed by atoms with Crippen molar-refractivity contribution in [1.29, 1.82) is 0 Å². The highest BCUT2D eigenvalue weighted by atomic mass is 19.1. The van der Waals surface area contributed by atoms with E-state index >= 15 is 0 Å². The number of benzene rings is 1. The molecule has 0 radical (unpaired) electrons. The first-order valence-corrected chi connectivity index (χ1v) is 5.73. The van der Waals surface area contributed by atoms with Crippen LogP contribution in [0.1, 0.15) is 39.2 Å². The van der Waals surface area contributed by atoms with Gasteiger partial charge in [0, 0.05) is 18.9 Å². The quantitative estimate of drug-likeness (QED) is 0.780. The number of ketones is 1. The minimum atomic E-state index is -0.644. The van der Waals surface area contributed by atoms with Crippen LogP contribution in [0.5, 0.6) is 0 Å². The molecule has 0 aliphatic rings. The molecule has 0 amide bonds. The Bertz CT molecular complexity index is 405. The molecule has 0 atom stereocenters. The van der Waals surface area contributed by atoms with Crippen molar-refractivity contribution in [2.75, 3.05) is 0 Å². The first-order valence-electron chi connectivity index (χ1n) is 5.73. The number of halogens is 2. The standard InChI is InChI=1S/C14H18F2O/c1-14(2,3)7-6-12(17)8-10-4-5-11(15)9-13(10)16/h4-5,9H,6-8H2,1-3H3. The van der Waals surface area contributed by atoms with Crippen LogP contribution in [0.4, 0.5) is 8.78 Å².